The van der Waals surface area contributed by atoms with Crippen LogP contribution >= 0.6 is 0 Å². The van der Waals surface area contributed by atoms with Gasteiger partial charge in [0, 0.05) is 31.7 Å². The number of nitrogens with two attached hydrogens (primary N) is 1. The van der Waals surface area contributed by atoms with Crippen LogP contribution in [0.5, 0.6) is 5.75 Å². The van der Waals surface area contributed by atoms with E-state index < -0.39 is 0 Å². The van der Waals surface area contributed by atoms with E-state index in [9.17, 15) is 0 Å². The van der Waals surface area contributed by atoms with E-state index >= 15 is 0 Å². The Kier molecular flexibility index (Phi) is 3.71. The van der Waals surface area contributed by atoms with Crippen LogP contribution in [0.15, 0.2) is 12.1 Å². The minimum Gasteiger partial charge on any atom is -0.492 e. The van der Waals surface area contributed by atoms with Crippen molar-refractivity contribution in [2.75, 3.05) is 39.8 Å². The highest BCUT2D eigenvalue weighted by molar-refractivity contribution is 5.47. The maximum absolute atomic E-state index is 6.39. The molecule has 1 aromatic rings. The fourth-order valence-electron chi connectivity index (χ4n) is 3.48. The second kappa shape index (κ2) is 5.35. The Morgan fingerprint density at radius 3 is 2.55 bits per heavy atom. The predicted molar refractivity (Wildman–Crippen MR) is 81.2 cm³/mol. The van der Waals surface area contributed by atoms with E-state index in [0.29, 0.717) is 12.6 Å². The summed E-state index contributed by atoms with van der Waals surface area (Å²) in [4.78, 5) is 4.92. The zero-order valence-electron chi connectivity index (χ0n) is 12.7. The Hall–Kier alpha value is -1.10. The summed E-state index contributed by atoms with van der Waals surface area (Å²) in [5.74, 6) is 1.04. The first-order chi connectivity index (χ1) is 9.56. The van der Waals surface area contributed by atoms with Crippen molar-refractivity contribution in [1.82, 2.24) is 9.80 Å². The van der Waals surface area contributed by atoms with E-state index in [2.05, 4.69) is 42.8 Å². The van der Waals surface area contributed by atoms with Gasteiger partial charge in [-0.1, -0.05) is 6.07 Å². The highest BCUT2D eigenvalue weighted by atomic mass is 16.5. The summed E-state index contributed by atoms with van der Waals surface area (Å²) in [6.07, 6.45) is 0. The number of aryl methyl sites for hydroxylation is 2. The van der Waals surface area contributed by atoms with E-state index in [0.717, 1.165) is 31.9 Å². The van der Waals surface area contributed by atoms with Crippen LogP contribution in [0.3, 0.4) is 0 Å². The quantitative estimate of drug-likeness (QED) is 0.839. The van der Waals surface area contributed by atoms with Crippen LogP contribution in [0.1, 0.15) is 22.7 Å². The maximum atomic E-state index is 6.39. The summed E-state index contributed by atoms with van der Waals surface area (Å²) in [5.41, 5.74) is 10.3. The number of piperazine rings is 1. The van der Waals surface area contributed by atoms with Gasteiger partial charge < -0.3 is 15.4 Å². The van der Waals surface area contributed by atoms with Crippen molar-refractivity contribution >= 4 is 0 Å². The molecular weight excluding hydrogens is 250 g/mol. The van der Waals surface area contributed by atoms with Gasteiger partial charge in [0.25, 0.3) is 0 Å². The number of ether oxygens (including phenoxy) is 1. The second-order valence-electron chi connectivity index (χ2n) is 6.25. The monoisotopic (exact) mass is 275 g/mol. The smallest absolute Gasteiger partial charge is 0.124 e. The zero-order valence-corrected chi connectivity index (χ0v) is 12.7. The normalized spacial score (nSPS) is 28.0. The first-order valence-electron chi connectivity index (χ1n) is 7.48. The lowest BCUT2D eigenvalue weighted by atomic mass is 9.90. The van der Waals surface area contributed by atoms with E-state index in [1.165, 1.54) is 16.7 Å². The molecule has 0 aliphatic carbocycles. The summed E-state index contributed by atoms with van der Waals surface area (Å²) in [7, 11) is 2.18. The molecule has 2 heterocycles. The van der Waals surface area contributed by atoms with E-state index in [1.54, 1.807) is 0 Å². The summed E-state index contributed by atoms with van der Waals surface area (Å²) in [6.45, 7) is 9.32. The molecule has 0 bridgehead atoms. The molecule has 20 heavy (non-hydrogen) atoms. The van der Waals surface area contributed by atoms with Crippen molar-refractivity contribution in [2.45, 2.75) is 25.9 Å². The second-order valence-corrected chi connectivity index (χ2v) is 6.25. The number of likely N-dealkylation sites (N-methyl/N-ethyl adjacent to an activating group) is 1. The van der Waals surface area contributed by atoms with Crippen molar-refractivity contribution in [2.24, 2.45) is 5.73 Å². The Morgan fingerprint density at radius 1 is 1.15 bits per heavy atom. The Labute approximate surface area is 121 Å². The molecule has 110 valence electrons. The highest BCUT2D eigenvalue weighted by Crippen LogP contribution is 2.38. The number of hydrogen-bond donors (Lipinski definition) is 1. The first kappa shape index (κ1) is 13.9. The van der Waals surface area contributed by atoms with Gasteiger partial charge in [-0.15, -0.1) is 0 Å². The van der Waals surface area contributed by atoms with Gasteiger partial charge >= 0.3 is 0 Å². The molecule has 2 unspecified atom stereocenters. The van der Waals surface area contributed by atoms with Crippen LogP contribution in [-0.2, 0) is 0 Å². The van der Waals surface area contributed by atoms with Crippen LogP contribution in [0.2, 0.25) is 0 Å². The highest BCUT2D eigenvalue weighted by Gasteiger charge is 2.35. The van der Waals surface area contributed by atoms with Crippen LogP contribution < -0.4 is 10.5 Å². The van der Waals surface area contributed by atoms with Crippen LogP contribution in [0, 0.1) is 13.8 Å². The van der Waals surface area contributed by atoms with Crippen molar-refractivity contribution in [3.8, 4) is 5.75 Å². The number of rotatable bonds is 1. The molecule has 4 nitrogen and oxygen atoms in total. The average Bonchev–Trinajstić information content (AvgIpc) is 2.40. The molecule has 2 atom stereocenters. The molecule has 4 heteroatoms. The Morgan fingerprint density at radius 2 is 1.85 bits per heavy atom. The van der Waals surface area contributed by atoms with E-state index in [-0.39, 0.29) is 6.04 Å². The third kappa shape index (κ3) is 2.43. The molecular formula is C16H25N3O. The molecule has 1 fully saturated rings. The number of hydrogen-bond acceptors (Lipinski definition) is 4. The van der Waals surface area contributed by atoms with Gasteiger partial charge in [-0.3, -0.25) is 4.90 Å². The van der Waals surface area contributed by atoms with Crippen molar-refractivity contribution in [1.29, 1.82) is 0 Å². The molecule has 2 aliphatic heterocycles. The van der Waals surface area contributed by atoms with Gasteiger partial charge in [-0.2, -0.15) is 0 Å². The molecule has 0 amide bonds. The van der Waals surface area contributed by atoms with E-state index in [4.69, 9.17) is 10.5 Å². The number of fused-ring (bicyclic) bond motifs is 1. The molecule has 0 spiro atoms. The van der Waals surface area contributed by atoms with Gasteiger partial charge in [-0.05, 0) is 38.1 Å². The van der Waals surface area contributed by atoms with E-state index in [1.807, 2.05) is 0 Å². The van der Waals surface area contributed by atoms with Gasteiger partial charge in [0.15, 0.2) is 0 Å². The minimum atomic E-state index is 0.0623. The lowest BCUT2D eigenvalue weighted by Gasteiger charge is -2.43. The number of nitrogens with zero attached hydrogens (tertiary/aromatic N) is 2. The van der Waals surface area contributed by atoms with Crippen molar-refractivity contribution in [3.63, 3.8) is 0 Å². The zero-order chi connectivity index (χ0) is 14.3. The molecule has 2 N–H and O–H groups in total. The third-order valence-corrected chi connectivity index (χ3v) is 4.56. The van der Waals surface area contributed by atoms with Gasteiger partial charge in [-0.25, -0.2) is 0 Å². The standard InChI is InChI=1S/C16H25N3O/c1-11-8-12(2)15-14(9-11)20-10-13(17)16(15)19-6-4-18(3)5-7-19/h8-9,13,16H,4-7,10,17H2,1-3H3. The van der Waals surface area contributed by atoms with Gasteiger partial charge in [0.1, 0.15) is 12.4 Å². The van der Waals surface area contributed by atoms with Crippen molar-refractivity contribution in [3.05, 3.63) is 28.8 Å². The third-order valence-electron chi connectivity index (χ3n) is 4.56. The fourth-order valence-corrected chi connectivity index (χ4v) is 3.48. The Balaban J connectivity index is 1.95. The Bertz CT molecular complexity index is 495. The SMILES string of the molecule is Cc1cc(C)c2c(c1)OCC(N)C2N1CCN(C)CC1. The minimum absolute atomic E-state index is 0.0623. The fraction of sp³-hybridized carbons (Fsp3) is 0.625. The van der Waals surface area contributed by atoms with Crippen LogP contribution in [-0.4, -0.2) is 55.7 Å². The molecule has 0 aromatic heterocycles. The lowest BCUT2D eigenvalue weighted by Crippen LogP contribution is -2.53. The predicted octanol–water partition coefficient (Wildman–Crippen LogP) is 1.31. The van der Waals surface area contributed by atoms with Gasteiger partial charge in [0.05, 0.1) is 12.1 Å². The summed E-state index contributed by atoms with van der Waals surface area (Å²) < 4.78 is 5.88. The van der Waals surface area contributed by atoms with Crippen molar-refractivity contribution < 1.29 is 4.74 Å². The summed E-state index contributed by atoms with van der Waals surface area (Å²) >= 11 is 0. The summed E-state index contributed by atoms with van der Waals surface area (Å²) in [6, 6.07) is 4.75. The molecule has 3 rings (SSSR count). The average molecular weight is 275 g/mol. The first-order valence-corrected chi connectivity index (χ1v) is 7.48. The maximum Gasteiger partial charge on any atom is 0.124 e. The number of benzene rings is 1. The van der Waals surface area contributed by atoms with Crippen LogP contribution in [0.4, 0.5) is 0 Å². The molecule has 1 aromatic carbocycles. The molecule has 0 radical (unpaired) electrons. The van der Waals surface area contributed by atoms with Gasteiger partial charge in [0.2, 0.25) is 0 Å². The van der Waals surface area contributed by atoms with Crippen LogP contribution in [0.25, 0.3) is 0 Å². The lowest BCUT2D eigenvalue weighted by molar-refractivity contribution is 0.0720. The summed E-state index contributed by atoms with van der Waals surface area (Å²) in [5, 5.41) is 0. The largest absolute Gasteiger partial charge is 0.492 e. The molecule has 1 saturated heterocycles. The topological polar surface area (TPSA) is 41.7 Å². The molecule has 2 aliphatic rings. The molecule has 0 saturated carbocycles.